The number of primary amides is 1. The Morgan fingerprint density at radius 3 is 2.23 bits per heavy atom. The average Bonchev–Trinajstić information content (AvgIpc) is 2.48. The second-order valence-electron chi connectivity index (χ2n) is 5.26. The van der Waals surface area contributed by atoms with Gasteiger partial charge in [-0.25, -0.2) is 0 Å². The van der Waals surface area contributed by atoms with E-state index in [0.717, 1.165) is 25.0 Å². The molecule has 2 N–H and O–H groups in total. The molecule has 0 unspecified atom stereocenters. The van der Waals surface area contributed by atoms with E-state index < -0.39 is 17.6 Å². The highest BCUT2D eigenvalue weighted by Gasteiger charge is 2.32. The molecule has 22 heavy (non-hydrogen) atoms. The van der Waals surface area contributed by atoms with Gasteiger partial charge in [0, 0.05) is 13.1 Å². The summed E-state index contributed by atoms with van der Waals surface area (Å²) in [5, 5.41) is 0. The van der Waals surface area contributed by atoms with Gasteiger partial charge < -0.3 is 10.6 Å². The third-order valence-corrected chi connectivity index (χ3v) is 3.71. The molecule has 1 aliphatic heterocycles. The molecule has 1 fully saturated rings. The number of amides is 1. The maximum Gasteiger partial charge on any atom is 0.416 e. The van der Waals surface area contributed by atoms with Crippen LogP contribution in [0.2, 0.25) is 0 Å². The van der Waals surface area contributed by atoms with E-state index in [4.69, 9.17) is 5.73 Å². The number of halogens is 3. The molecule has 1 heterocycles. The molecule has 0 bridgehead atoms. The van der Waals surface area contributed by atoms with Gasteiger partial charge in [-0.15, -0.1) is 0 Å². The Balaban J connectivity index is 0.00000116. The summed E-state index contributed by atoms with van der Waals surface area (Å²) >= 11 is 0. The van der Waals surface area contributed by atoms with Crippen molar-refractivity contribution in [2.24, 2.45) is 11.7 Å². The zero-order chi connectivity index (χ0) is 16.9. The number of piperidine rings is 1. The van der Waals surface area contributed by atoms with Gasteiger partial charge in [-0.1, -0.05) is 20.8 Å². The number of alkyl halides is 3. The minimum Gasteiger partial charge on any atom is -0.371 e. The molecule has 0 atom stereocenters. The van der Waals surface area contributed by atoms with Crippen LogP contribution in [0.1, 0.15) is 49.5 Å². The van der Waals surface area contributed by atoms with Gasteiger partial charge in [0.15, 0.2) is 0 Å². The minimum absolute atomic E-state index is 0.146. The molecule has 1 aliphatic rings. The van der Waals surface area contributed by atoms with Crippen LogP contribution in [0.5, 0.6) is 0 Å². The Kier molecular flexibility index (Phi) is 6.26. The van der Waals surface area contributed by atoms with Crippen molar-refractivity contribution in [1.29, 1.82) is 0 Å². The number of carbonyl (C=O) groups is 1. The normalized spacial score (nSPS) is 16.0. The number of anilines is 1. The fraction of sp³-hybridized carbons (Fsp3) is 0.562. The average molecular weight is 316 g/mol. The third-order valence-electron chi connectivity index (χ3n) is 3.71. The first-order valence-corrected chi connectivity index (χ1v) is 7.55. The highest BCUT2D eigenvalue weighted by atomic mass is 19.4. The highest BCUT2D eigenvalue weighted by molar-refractivity contribution is 5.98. The van der Waals surface area contributed by atoms with Gasteiger partial charge in [-0.2, -0.15) is 13.2 Å². The zero-order valence-electron chi connectivity index (χ0n) is 13.2. The highest BCUT2D eigenvalue weighted by Crippen LogP contribution is 2.34. The lowest BCUT2D eigenvalue weighted by atomic mass is 9.97. The van der Waals surface area contributed by atoms with Crippen LogP contribution in [0, 0.1) is 5.92 Å². The topological polar surface area (TPSA) is 46.3 Å². The standard InChI is InChI=1S/C14H17F3N2O.C2H6/c1-9-4-6-19(7-5-9)12-8-10(14(15,16)17)2-3-11(12)13(18)20;1-2/h2-3,8-9H,4-7H2,1H3,(H2,18,20);1-2H3. The maximum absolute atomic E-state index is 12.8. The van der Waals surface area contributed by atoms with Crippen molar-refractivity contribution in [3.05, 3.63) is 29.3 Å². The van der Waals surface area contributed by atoms with Crippen molar-refractivity contribution in [2.75, 3.05) is 18.0 Å². The van der Waals surface area contributed by atoms with E-state index >= 15 is 0 Å². The molecule has 6 heteroatoms. The molecule has 0 spiro atoms. The fourth-order valence-corrected chi connectivity index (χ4v) is 2.43. The number of nitrogens with two attached hydrogens (primary N) is 1. The summed E-state index contributed by atoms with van der Waals surface area (Å²) in [6.45, 7) is 7.39. The van der Waals surface area contributed by atoms with Gasteiger partial charge in [0.25, 0.3) is 5.91 Å². The predicted molar refractivity (Wildman–Crippen MR) is 81.9 cm³/mol. The van der Waals surface area contributed by atoms with Crippen LogP contribution >= 0.6 is 0 Å². The Morgan fingerprint density at radius 1 is 1.23 bits per heavy atom. The summed E-state index contributed by atoms with van der Waals surface area (Å²) in [5.74, 6) is -0.151. The van der Waals surface area contributed by atoms with E-state index in [0.29, 0.717) is 24.7 Å². The summed E-state index contributed by atoms with van der Waals surface area (Å²) in [6.07, 6.45) is -2.63. The lowest BCUT2D eigenvalue weighted by Gasteiger charge is -2.33. The number of rotatable bonds is 2. The second kappa shape index (κ2) is 7.51. The van der Waals surface area contributed by atoms with Crippen LogP contribution in [0.4, 0.5) is 18.9 Å². The van der Waals surface area contributed by atoms with E-state index in [1.165, 1.54) is 6.07 Å². The van der Waals surface area contributed by atoms with Crippen molar-refractivity contribution in [1.82, 2.24) is 0 Å². The molecule has 1 aromatic rings. The molecule has 1 aromatic carbocycles. The van der Waals surface area contributed by atoms with Crippen molar-refractivity contribution >= 4 is 11.6 Å². The van der Waals surface area contributed by atoms with Crippen LogP contribution in [0.3, 0.4) is 0 Å². The number of hydrogen-bond acceptors (Lipinski definition) is 2. The lowest BCUT2D eigenvalue weighted by molar-refractivity contribution is -0.137. The van der Waals surface area contributed by atoms with Crippen LogP contribution < -0.4 is 10.6 Å². The quantitative estimate of drug-likeness (QED) is 0.894. The smallest absolute Gasteiger partial charge is 0.371 e. The van der Waals surface area contributed by atoms with Gasteiger partial charge >= 0.3 is 6.18 Å². The zero-order valence-corrected chi connectivity index (χ0v) is 13.2. The van der Waals surface area contributed by atoms with Crippen molar-refractivity contribution < 1.29 is 18.0 Å². The molecule has 1 saturated heterocycles. The van der Waals surface area contributed by atoms with Crippen molar-refractivity contribution in [3.8, 4) is 0 Å². The molecular weight excluding hydrogens is 293 g/mol. The molecule has 3 nitrogen and oxygen atoms in total. The Bertz CT molecular complexity index is 507. The fourth-order valence-electron chi connectivity index (χ4n) is 2.43. The Labute approximate surface area is 129 Å². The maximum atomic E-state index is 12.8. The summed E-state index contributed by atoms with van der Waals surface area (Å²) in [7, 11) is 0. The first kappa shape index (κ1) is 18.3. The monoisotopic (exact) mass is 316 g/mol. The van der Waals surface area contributed by atoms with Crippen LogP contribution in [0.15, 0.2) is 18.2 Å². The molecule has 0 radical (unpaired) electrons. The molecule has 2 rings (SSSR count). The van der Waals surface area contributed by atoms with E-state index in [1.54, 1.807) is 0 Å². The summed E-state index contributed by atoms with van der Waals surface area (Å²) in [4.78, 5) is 13.2. The number of hydrogen-bond donors (Lipinski definition) is 1. The summed E-state index contributed by atoms with van der Waals surface area (Å²) in [6, 6.07) is 3.09. The third kappa shape index (κ3) is 4.39. The molecule has 124 valence electrons. The lowest BCUT2D eigenvalue weighted by Crippen LogP contribution is -2.34. The molecule has 0 saturated carbocycles. The number of carbonyl (C=O) groups excluding carboxylic acids is 1. The molecule has 1 amide bonds. The summed E-state index contributed by atoms with van der Waals surface area (Å²) in [5.41, 5.74) is 4.94. The van der Waals surface area contributed by atoms with E-state index in [1.807, 2.05) is 18.7 Å². The molecular formula is C16H23F3N2O. The van der Waals surface area contributed by atoms with Crippen molar-refractivity contribution in [2.45, 2.75) is 39.8 Å². The molecule has 0 aliphatic carbocycles. The van der Waals surface area contributed by atoms with Gasteiger partial charge in [0.05, 0.1) is 16.8 Å². The Morgan fingerprint density at radius 2 is 1.77 bits per heavy atom. The van der Waals surface area contributed by atoms with Gasteiger partial charge in [0.1, 0.15) is 0 Å². The first-order valence-electron chi connectivity index (χ1n) is 7.55. The van der Waals surface area contributed by atoms with E-state index in [2.05, 4.69) is 6.92 Å². The first-order chi connectivity index (χ1) is 10.3. The largest absolute Gasteiger partial charge is 0.416 e. The van der Waals surface area contributed by atoms with E-state index in [9.17, 15) is 18.0 Å². The van der Waals surface area contributed by atoms with Crippen molar-refractivity contribution in [3.63, 3.8) is 0 Å². The van der Waals surface area contributed by atoms with Crippen LogP contribution in [0.25, 0.3) is 0 Å². The number of benzene rings is 1. The van der Waals surface area contributed by atoms with Gasteiger partial charge in [-0.05, 0) is 37.0 Å². The summed E-state index contributed by atoms with van der Waals surface area (Å²) < 4.78 is 38.4. The van der Waals surface area contributed by atoms with Gasteiger partial charge in [-0.3, -0.25) is 4.79 Å². The number of nitrogens with zero attached hydrogens (tertiary/aromatic N) is 1. The van der Waals surface area contributed by atoms with Crippen LogP contribution in [-0.2, 0) is 6.18 Å². The second-order valence-corrected chi connectivity index (χ2v) is 5.26. The van der Waals surface area contributed by atoms with Gasteiger partial charge in [0.2, 0.25) is 0 Å². The SMILES string of the molecule is CC.CC1CCN(c2cc(C(F)(F)F)ccc2C(N)=O)CC1. The molecule has 0 aromatic heterocycles. The Hall–Kier alpha value is -1.72. The predicted octanol–water partition coefficient (Wildman–Crippen LogP) is 4.07. The minimum atomic E-state index is -4.42. The van der Waals surface area contributed by atoms with Crippen LogP contribution in [-0.4, -0.2) is 19.0 Å². The van der Waals surface area contributed by atoms with E-state index in [-0.39, 0.29) is 5.56 Å².